The molecule has 5 heteroatoms. The SMILES string of the molecule is NC[C@@H]1CC1CN(Cc1nc2ccccc2[nH]1)[C@H]1CCCc2cccnc21. The van der Waals surface area contributed by atoms with E-state index in [0.717, 1.165) is 42.9 Å². The van der Waals surface area contributed by atoms with Crippen molar-refractivity contribution < 1.29 is 0 Å². The fraction of sp³-hybridized carbons (Fsp3) is 0.455. The van der Waals surface area contributed by atoms with E-state index in [2.05, 4.69) is 40.2 Å². The lowest BCUT2D eigenvalue weighted by molar-refractivity contribution is 0.152. The van der Waals surface area contributed by atoms with Crippen LogP contribution in [-0.2, 0) is 13.0 Å². The van der Waals surface area contributed by atoms with Gasteiger partial charge in [0.05, 0.1) is 29.3 Å². The predicted molar refractivity (Wildman–Crippen MR) is 107 cm³/mol. The van der Waals surface area contributed by atoms with Gasteiger partial charge >= 0.3 is 0 Å². The van der Waals surface area contributed by atoms with E-state index in [4.69, 9.17) is 15.7 Å². The van der Waals surface area contributed by atoms with E-state index < -0.39 is 0 Å². The molecule has 5 nitrogen and oxygen atoms in total. The average molecular weight is 361 g/mol. The summed E-state index contributed by atoms with van der Waals surface area (Å²) < 4.78 is 0. The minimum atomic E-state index is 0.377. The van der Waals surface area contributed by atoms with E-state index in [-0.39, 0.29) is 0 Å². The van der Waals surface area contributed by atoms with Crippen molar-refractivity contribution in [3.63, 3.8) is 0 Å². The standard InChI is InChI=1S/C22H27N5/c23-12-16-11-17(16)13-27(14-21-25-18-7-1-2-8-19(18)26-21)20-9-3-5-15-6-4-10-24-22(15)20/h1-2,4,6-8,10,16-17,20H,3,5,9,11-14,23H2,(H,25,26)/t16-,17?,20-/m0/s1. The summed E-state index contributed by atoms with van der Waals surface area (Å²) in [6.07, 6.45) is 6.74. The molecule has 140 valence electrons. The highest BCUT2D eigenvalue weighted by molar-refractivity contribution is 5.74. The molecule has 0 saturated heterocycles. The average Bonchev–Trinajstić information content (AvgIpc) is 3.34. The van der Waals surface area contributed by atoms with E-state index in [0.29, 0.717) is 17.9 Å². The van der Waals surface area contributed by atoms with Crippen LogP contribution >= 0.6 is 0 Å². The van der Waals surface area contributed by atoms with Crippen LogP contribution in [0.1, 0.15) is 42.4 Å². The number of nitrogens with two attached hydrogens (primary N) is 1. The number of aromatic amines is 1. The molecule has 2 aliphatic carbocycles. The molecule has 2 aliphatic rings. The van der Waals surface area contributed by atoms with Crippen LogP contribution in [0.4, 0.5) is 0 Å². The molecule has 3 N–H and O–H groups in total. The Morgan fingerprint density at radius 2 is 2.07 bits per heavy atom. The molecule has 0 bridgehead atoms. The minimum absolute atomic E-state index is 0.377. The van der Waals surface area contributed by atoms with Crippen molar-refractivity contribution in [2.24, 2.45) is 17.6 Å². The second-order valence-electron chi connectivity index (χ2n) is 8.08. The highest BCUT2D eigenvalue weighted by Crippen LogP contribution is 2.41. The molecule has 5 rings (SSSR count). The van der Waals surface area contributed by atoms with Gasteiger partial charge in [0.15, 0.2) is 0 Å². The zero-order valence-electron chi connectivity index (χ0n) is 15.6. The first-order valence-electron chi connectivity index (χ1n) is 10.1. The van der Waals surface area contributed by atoms with Gasteiger partial charge in [0, 0.05) is 12.7 Å². The van der Waals surface area contributed by atoms with E-state index in [1.807, 2.05) is 12.3 Å². The lowest BCUT2D eigenvalue weighted by Gasteiger charge is -2.34. The summed E-state index contributed by atoms with van der Waals surface area (Å²) in [6, 6.07) is 13.0. The van der Waals surface area contributed by atoms with Crippen molar-refractivity contribution >= 4 is 11.0 Å². The lowest BCUT2D eigenvalue weighted by atomic mass is 9.90. The monoisotopic (exact) mass is 361 g/mol. The van der Waals surface area contributed by atoms with Crippen LogP contribution in [0.5, 0.6) is 0 Å². The number of hydrogen-bond donors (Lipinski definition) is 2. The first-order chi connectivity index (χ1) is 13.3. The van der Waals surface area contributed by atoms with Gasteiger partial charge in [-0.1, -0.05) is 18.2 Å². The number of fused-ring (bicyclic) bond motifs is 2. The van der Waals surface area contributed by atoms with Crippen molar-refractivity contribution in [2.75, 3.05) is 13.1 Å². The minimum Gasteiger partial charge on any atom is -0.341 e. The molecule has 3 aromatic rings. The van der Waals surface area contributed by atoms with Crippen LogP contribution in [-0.4, -0.2) is 32.9 Å². The lowest BCUT2D eigenvalue weighted by Crippen LogP contribution is -2.34. The normalized spacial score (nSPS) is 24.3. The van der Waals surface area contributed by atoms with Gasteiger partial charge in [0.25, 0.3) is 0 Å². The van der Waals surface area contributed by atoms with Crippen LogP contribution in [0.2, 0.25) is 0 Å². The largest absolute Gasteiger partial charge is 0.341 e. The number of pyridine rings is 1. The fourth-order valence-electron chi connectivity index (χ4n) is 4.64. The Kier molecular flexibility index (Phi) is 4.42. The Labute approximate surface area is 160 Å². The molecule has 1 saturated carbocycles. The van der Waals surface area contributed by atoms with Crippen LogP contribution in [0.3, 0.4) is 0 Å². The van der Waals surface area contributed by atoms with Gasteiger partial charge in [-0.05, 0) is 67.8 Å². The van der Waals surface area contributed by atoms with Crippen molar-refractivity contribution in [1.29, 1.82) is 0 Å². The van der Waals surface area contributed by atoms with Crippen molar-refractivity contribution in [2.45, 2.75) is 38.3 Å². The third-order valence-electron chi connectivity index (χ3n) is 6.24. The Bertz CT molecular complexity index is 900. The molecular weight excluding hydrogens is 334 g/mol. The summed E-state index contributed by atoms with van der Waals surface area (Å²) in [6.45, 7) is 2.73. The number of H-pyrrole nitrogens is 1. The number of para-hydroxylation sites is 2. The molecule has 0 aliphatic heterocycles. The molecule has 1 aromatic carbocycles. The molecule has 0 spiro atoms. The Morgan fingerprint density at radius 3 is 2.93 bits per heavy atom. The third kappa shape index (κ3) is 3.37. The first-order valence-corrected chi connectivity index (χ1v) is 10.1. The van der Waals surface area contributed by atoms with Gasteiger partial charge in [0.2, 0.25) is 0 Å². The number of nitrogens with zero attached hydrogens (tertiary/aromatic N) is 3. The maximum absolute atomic E-state index is 5.91. The van der Waals surface area contributed by atoms with Gasteiger partial charge in [-0.25, -0.2) is 4.98 Å². The van der Waals surface area contributed by atoms with Gasteiger partial charge in [-0.2, -0.15) is 0 Å². The number of imidazole rings is 1. The van der Waals surface area contributed by atoms with E-state index in [1.54, 1.807) is 0 Å². The van der Waals surface area contributed by atoms with Crippen LogP contribution in [0, 0.1) is 11.8 Å². The van der Waals surface area contributed by atoms with Gasteiger partial charge in [0.1, 0.15) is 5.82 Å². The van der Waals surface area contributed by atoms with Crippen LogP contribution < -0.4 is 5.73 Å². The van der Waals surface area contributed by atoms with Crippen LogP contribution in [0.25, 0.3) is 11.0 Å². The number of hydrogen-bond acceptors (Lipinski definition) is 4. The summed E-state index contributed by atoms with van der Waals surface area (Å²) >= 11 is 0. The molecule has 27 heavy (non-hydrogen) atoms. The Balaban J connectivity index is 1.44. The predicted octanol–water partition coefficient (Wildman–Crippen LogP) is 3.43. The number of aryl methyl sites for hydroxylation is 1. The van der Waals surface area contributed by atoms with Crippen molar-refractivity contribution in [1.82, 2.24) is 19.9 Å². The zero-order chi connectivity index (χ0) is 18.2. The van der Waals surface area contributed by atoms with Crippen molar-refractivity contribution in [3.05, 3.63) is 59.7 Å². The smallest absolute Gasteiger partial charge is 0.121 e. The van der Waals surface area contributed by atoms with E-state index in [1.165, 1.54) is 30.5 Å². The highest BCUT2D eigenvalue weighted by Gasteiger charge is 2.39. The molecule has 0 radical (unpaired) electrons. The molecule has 2 aromatic heterocycles. The second kappa shape index (κ2) is 7.06. The first kappa shape index (κ1) is 16.9. The number of benzene rings is 1. The summed E-state index contributed by atoms with van der Waals surface area (Å²) in [5.41, 5.74) is 10.7. The molecule has 1 unspecified atom stereocenters. The summed E-state index contributed by atoms with van der Waals surface area (Å²) in [5, 5.41) is 0. The Morgan fingerprint density at radius 1 is 1.15 bits per heavy atom. The molecule has 0 amide bonds. The molecule has 1 fully saturated rings. The summed E-state index contributed by atoms with van der Waals surface area (Å²) in [4.78, 5) is 15.7. The number of rotatable bonds is 6. The maximum atomic E-state index is 5.91. The Hall–Kier alpha value is -2.24. The van der Waals surface area contributed by atoms with E-state index >= 15 is 0 Å². The fourth-order valence-corrected chi connectivity index (χ4v) is 4.64. The molecular formula is C22H27N5. The number of aromatic nitrogens is 3. The molecule has 2 heterocycles. The van der Waals surface area contributed by atoms with Crippen LogP contribution in [0.15, 0.2) is 42.6 Å². The van der Waals surface area contributed by atoms with Crippen molar-refractivity contribution in [3.8, 4) is 0 Å². The maximum Gasteiger partial charge on any atom is 0.121 e. The highest BCUT2D eigenvalue weighted by atomic mass is 15.2. The quantitative estimate of drug-likeness (QED) is 0.706. The third-order valence-corrected chi connectivity index (χ3v) is 6.24. The van der Waals surface area contributed by atoms with E-state index in [9.17, 15) is 0 Å². The summed E-state index contributed by atoms with van der Waals surface area (Å²) in [5.74, 6) is 2.45. The second-order valence-corrected chi connectivity index (χ2v) is 8.08. The van der Waals surface area contributed by atoms with Gasteiger partial charge in [-0.3, -0.25) is 9.88 Å². The molecule has 3 atom stereocenters. The summed E-state index contributed by atoms with van der Waals surface area (Å²) in [7, 11) is 0. The van der Waals surface area contributed by atoms with Gasteiger partial charge in [-0.15, -0.1) is 0 Å². The van der Waals surface area contributed by atoms with Gasteiger partial charge < -0.3 is 10.7 Å². The number of nitrogens with one attached hydrogen (secondary N) is 1. The zero-order valence-corrected chi connectivity index (χ0v) is 15.6. The topological polar surface area (TPSA) is 70.8 Å².